The van der Waals surface area contributed by atoms with Crippen LogP contribution in [0.3, 0.4) is 0 Å². The van der Waals surface area contributed by atoms with Crippen molar-refractivity contribution in [2.75, 3.05) is 0 Å². The van der Waals surface area contributed by atoms with Gasteiger partial charge in [-0.15, -0.1) is 0 Å². The normalized spacial score (nSPS) is 11.9. The molecule has 3 nitrogen and oxygen atoms in total. The lowest BCUT2D eigenvalue weighted by Gasteiger charge is -2.11. The number of ketones is 2. The smallest absolute Gasteiger partial charge is 0.228 e. The number of rotatable bonds is 4. The van der Waals surface area contributed by atoms with Crippen LogP contribution in [0.1, 0.15) is 34.5 Å². The molecule has 2 aromatic carbocycles. The van der Waals surface area contributed by atoms with Crippen molar-refractivity contribution < 1.29 is 14.7 Å². The zero-order valence-corrected chi connectivity index (χ0v) is 10.5. The Bertz CT molecular complexity index is 585. The molecule has 1 atom stereocenters. The molecule has 0 fully saturated rings. The number of benzene rings is 2. The Balaban J connectivity index is 2.24. The highest BCUT2D eigenvalue weighted by Gasteiger charge is 2.13. The molecule has 1 N–H and O–H groups in total. The van der Waals surface area contributed by atoms with E-state index in [1.165, 1.54) is 6.92 Å². The minimum absolute atomic E-state index is 0.344. The minimum atomic E-state index is -0.734. The molecule has 0 saturated heterocycles. The second kappa shape index (κ2) is 5.59. The Morgan fingerprint density at radius 3 is 1.95 bits per heavy atom. The maximum atomic E-state index is 11.5. The molecule has 0 aliphatic heterocycles. The van der Waals surface area contributed by atoms with Crippen molar-refractivity contribution in [3.63, 3.8) is 0 Å². The van der Waals surface area contributed by atoms with Gasteiger partial charge in [0.2, 0.25) is 5.78 Å². The molecule has 2 aromatic rings. The average Bonchev–Trinajstić information content (AvgIpc) is 2.46. The fourth-order valence-electron chi connectivity index (χ4n) is 1.85. The second-order valence-corrected chi connectivity index (χ2v) is 4.32. The van der Waals surface area contributed by atoms with Crippen molar-refractivity contribution in [1.29, 1.82) is 0 Å². The summed E-state index contributed by atoms with van der Waals surface area (Å²) >= 11 is 0. The first kappa shape index (κ1) is 13.2. The standard InChI is InChI=1S/C16H14O3/c1-11(17)15(18)13-7-9-14(10-8-13)16(19)12-5-3-2-4-6-12/h2-10,16,19H,1H3. The number of carbonyl (C=O) groups excluding carboxylic acids is 2. The third-order valence-electron chi connectivity index (χ3n) is 2.92. The van der Waals surface area contributed by atoms with Gasteiger partial charge < -0.3 is 5.11 Å². The van der Waals surface area contributed by atoms with Crippen molar-refractivity contribution in [1.82, 2.24) is 0 Å². The SMILES string of the molecule is CC(=O)C(=O)c1ccc(C(O)c2ccccc2)cc1. The zero-order chi connectivity index (χ0) is 13.8. The van der Waals surface area contributed by atoms with Crippen LogP contribution in [0.25, 0.3) is 0 Å². The van der Waals surface area contributed by atoms with Crippen LogP contribution in [0.4, 0.5) is 0 Å². The summed E-state index contributed by atoms with van der Waals surface area (Å²) in [6.07, 6.45) is -0.734. The summed E-state index contributed by atoms with van der Waals surface area (Å²) in [4.78, 5) is 22.5. The lowest BCUT2D eigenvalue weighted by molar-refractivity contribution is -0.113. The van der Waals surface area contributed by atoms with E-state index in [1.54, 1.807) is 24.3 Å². The van der Waals surface area contributed by atoms with E-state index in [2.05, 4.69) is 0 Å². The van der Waals surface area contributed by atoms with Crippen LogP contribution in [0, 0.1) is 0 Å². The van der Waals surface area contributed by atoms with Crippen molar-refractivity contribution in [3.8, 4) is 0 Å². The lowest BCUT2D eigenvalue weighted by atomic mass is 9.99. The highest BCUT2D eigenvalue weighted by molar-refractivity contribution is 6.42. The Morgan fingerprint density at radius 1 is 0.895 bits per heavy atom. The van der Waals surface area contributed by atoms with Gasteiger partial charge in [-0.1, -0.05) is 54.6 Å². The summed E-state index contributed by atoms with van der Waals surface area (Å²) in [5.41, 5.74) is 1.82. The van der Waals surface area contributed by atoms with E-state index < -0.39 is 17.7 Å². The molecule has 0 aliphatic carbocycles. The third-order valence-corrected chi connectivity index (χ3v) is 2.92. The molecule has 0 spiro atoms. The van der Waals surface area contributed by atoms with E-state index >= 15 is 0 Å². The number of carbonyl (C=O) groups is 2. The maximum Gasteiger partial charge on any atom is 0.228 e. The first-order valence-corrected chi connectivity index (χ1v) is 5.98. The highest BCUT2D eigenvalue weighted by Crippen LogP contribution is 2.21. The topological polar surface area (TPSA) is 54.4 Å². The van der Waals surface area contributed by atoms with Gasteiger partial charge in [0.15, 0.2) is 5.78 Å². The van der Waals surface area contributed by atoms with Gasteiger partial charge in [-0.3, -0.25) is 9.59 Å². The van der Waals surface area contributed by atoms with Crippen molar-refractivity contribution in [2.45, 2.75) is 13.0 Å². The molecular weight excluding hydrogens is 240 g/mol. The number of hydrogen-bond donors (Lipinski definition) is 1. The van der Waals surface area contributed by atoms with Crippen LogP contribution < -0.4 is 0 Å². The van der Waals surface area contributed by atoms with Crippen molar-refractivity contribution in [3.05, 3.63) is 71.3 Å². The first-order valence-electron chi connectivity index (χ1n) is 5.98. The molecule has 1 unspecified atom stereocenters. The molecule has 3 heteroatoms. The molecule has 0 heterocycles. The molecule has 0 amide bonds. The van der Waals surface area contributed by atoms with Gasteiger partial charge >= 0.3 is 0 Å². The van der Waals surface area contributed by atoms with Gasteiger partial charge in [-0.05, 0) is 11.1 Å². The largest absolute Gasteiger partial charge is 0.384 e. The zero-order valence-electron chi connectivity index (χ0n) is 10.5. The summed E-state index contributed by atoms with van der Waals surface area (Å²) < 4.78 is 0. The van der Waals surface area contributed by atoms with Crippen LogP contribution in [-0.2, 0) is 4.79 Å². The monoisotopic (exact) mass is 254 g/mol. The fraction of sp³-hybridized carbons (Fsp3) is 0.125. The Morgan fingerprint density at radius 2 is 1.42 bits per heavy atom. The summed E-state index contributed by atoms with van der Waals surface area (Å²) in [5.74, 6) is -1.00. The maximum absolute atomic E-state index is 11.5. The molecular formula is C16H14O3. The van der Waals surface area contributed by atoms with E-state index in [9.17, 15) is 14.7 Å². The second-order valence-electron chi connectivity index (χ2n) is 4.32. The molecule has 0 bridgehead atoms. The van der Waals surface area contributed by atoms with E-state index in [1.807, 2.05) is 30.3 Å². The summed E-state index contributed by atoms with van der Waals surface area (Å²) in [6, 6.07) is 15.7. The third kappa shape index (κ3) is 2.95. The van der Waals surface area contributed by atoms with Crippen molar-refractivity contribution in [2.24, 2.45) is 0 Å². The van der Waals surface area contributed by atoms with Gasteiger partial charge in [-0.2, -0.15) is 0 Å². The Labute approximate surface area is 111 Å². The molecule has 2 rings (SSSR count). The fourth-order valence-corrected chi connectivity index (χ4v) is 1.85. The summed E-state index contributed by atoms with van der Waals surface area (Å²) in [7, 11) is 0. The number of hydrogen-bond acceptors (Lipinski definition) is 3. The van der Waals surface area contributed by atoms with E-state index in [-0.39, 0.29) is 0 Å². The Hall–Kier alpha value is -2.26. The van der Waals surface area contributed by atoms with E-state index in [0.717, 1.165) is 5.56 Å². The number of aliphatic hydroxyl groups is 1. The van der Waals surface area contributed by atoms with Gasteiger partial charge in [-0.25, -0.2) is 0 Å². The molecule has 0 aliphatic rings. The van der Waals surface area contributed by atoms with Gasteiger partial charge in [0, 0.05) is 12.5 Å². The van der Waals surface area contributed by atoms with E-state index in [0.29, 0.717) is 11.1 Å². The molecule has 0 aromatic heterocycles. The van der Waals surface area contributed by atoms with Gasteiger partial charge in [0.05, 0.1) is 0 Å². The Kier molecular flexibility index (Phi) is 3.88. The highest BCUT2D eigenvalue weighted by atomic mass is 16.3. The first-order chi connectivity index (χ1) is 9.09. The van der Waals surface area contributed by atoms with Crippen LogP contribution in [0.15, 0.2) is 54.6 Å². The number of Topliss-reactive ketones (excluding diaryl/α,β-unsaturated/α-hetero) is 2. The molecule has 19 heavy (non-hydrogen) atoms. The average molecular weight is 254 g/mol. The molecule has 96 valence electrons. The minimum Gasteiger partial charge on any atom is -0.384 e. The number of aliphatic hydroxyl groups excluding tert-OH is 1. The van der Waals surface area contributed by atoms with Gasteiger partial charge in [0.1, 0.15) is 6.10 Å². The van der Waals surface area contributed by atoms with Gasteiger partial charge in [0.25, 0.3) is 0 Å². The van der Waals surface area contributed by atoms with Crippen LogP contribution in [-0.4, -0.2) is 16.7 Å². The summed E-state index contributed by atoms with van der Waals surface area (Å²) in [6.45, 7) is 1.25. The van der Waals surface area contributed by atoms with Crippen LogP contribution in [0.5, 0.6) is 0 Å². The van der Waals surface area contributed by atoms with Crippen LogP contribution in [0.2, 0.25) is 0 Å². The molecule has 0 radical (unpaired) electrons. The predicted octanol–water partition coefficient (Wildman–Crippen LogP) is 2.54. The quantitative estimate of drug-likeness (QED) is 0.674. The van der Waals surface area contributed by atoms with E-state index in [4.69, 9.17) is 0 Å². The molecule has 0 saturated carbocycles. The summed E-state index contributed by atoms with van der Waals surface area (Å²) in [5, 5.41) is 10.2. The predicted molar refractivity (Wildman–Crippen MR) is 72.0 cm³/mol. The lowest BCUT2D eigenvalue weighted by Crippen LogP contribution is -2.09. The van der Waals surface area contributed by atoms with Crippen LogP contribution >= 0.6 is 0 Å². The van der Waals surface area contributed by atoms with Crippen molar-refractivity contribution >= 4 is 11.6 Å².